The first-order valence-corrected chi connectivity index (χ1v) is 14.9. The Morgan fingerprint density at radius 2 is 1.15 bits per heavy atom. The summed E-state index contributed by atoms with van der Waals surface area (Å²) >= 11 is 0. The van der Waals surface area contributed by atoms with Gasteiger partial charge in [-0.2, -0.15) is 10.5 Å². The summed E-state index contributed by atoms with van der Waals surface area (Å²) in [6, 6.07) is 4.49. The summed E-state index contributed by atoms with van der Waals surface area (Å²) in [6.07, 6.45) is 12.2. The molecule has 0 amide bonds. The summed E-state index contributed by atoms with van der Waals surface area (Å²) in [7, 11) is -4.40. The lowest BCUT2D eigenvalue weighted by molar-refractivity contribution is 0.558. The molecule has 0 fully saturated rings. The van der Waals surface area contributed by atoms with Gasteiger partial charge in [-0.1, -0.05) is 47.9 Å². The quantitative estimate of drug-likeness (QED) is 0.243. The molecule has 0 aromatic heterocycles. The molecule has 0 spiro atoms. The van der Waals surface area contributed by atoms with Crippen LogP contribution >= 0.6 is 0 Å². The van der Waals surface area contributed by atoms with Crippen molar-refractivity contribution in [1.29, 1.82) is 10.5 Å². The van der Waals surface area contributed by atoms with Crippen molar-refractivity contribution >= 4 is 16.6 Å². The van der Waals surface area contributed by atoms with Crippen LogP contribution in [0.4, 0.5) is 0 Å². The number of nitrogens with zero attached hydrogens (tertiary/aromatic N) is 2. The van der Waals surface area contributed by atoms with Crippen LogP contribution in [0.1, 0.15) is 26.7 Å². The molecule has 5 heteroatoms. The van der Waals surface area contributed by atoms with Crippen LogP contribution in [0.2, 0.25) is 26.2 Å². The Morgan fingerprint density at radius 3 is 1.37 bits per heavy atom. The smallest absolute Gasteiger partial charge is 0.202 e. The number of hydrogen-bond donors (Lipinski definition) is 0. The maximum Gasteiger partial charge on any atom is 0.202 e. The van der Waals surface area contributed by atoms with E-state index in [-0.39, 0.29) is 0 Å². The van der Waals surface area contributed by atoms with Crippen LogP contribution in [0.15, 0.2) is 71.2 Å². The highest BCUT2D eigenvalue weighted by Crippen LogP contribution is 2.31. The highest BCUT2D eigenvalue weighted by molar-refractivity contribution is 6.91. The van der Waals surface area contributed by atoms with Crippen LogP contribution in [-0.2, 0) is 4.12 Å². The molecular formula is C22H32N2OSi2. The van der Waals surface area contributed by atoms with Gasteiger partial charge in [0.25, 0.3) is 0 Å². The van der Waals surface area contributed by atoms with Crippen molar-refractivity contribution in [3.63, 3.8) is 0 Å². The van der Waals surface area contributed by atoms with Gasteiger partial charge in [0.05, 0.1) is 12.1 Å². The Labute approximate surface area is 167 Å². The Kier molecular flexibility index (Phi) is 10.6. The maximum atomic E-state index is 9.34. The van der Waals surface area contributed by atoms with E-state index >= 15 is 0 Å². The van der Waals surface area contributed by atoms with E-state index in [9.17, 15) is 10.5 Å². The van der Waals surface area contributed by atoms with Crippen LogP contribution in [0.3, 0.4) is 0 Å². The number of hydrogen-bond acceptors (Lipinski definition) is 3. The molecule has 0 rings (SSSR count). The van der Waals surface area contributed by atoms with Gasteiger partial charge in [0.1, 0.15) is 0 Å². The zero-order valence-electron chi connectivity index (χ0n) is 17.6. The van der Waals surface area contributed by atoms with Crippen LogP contribution in [0.5, 0.6) is 0 Å². The molecule has 0 saturated carbocycles. The second-order valence-corrected chi connectivity index (χ2v) is 15.3. The van der Waals surface area contributed by atoms with Gasteiger partial charge < -0.3 is 4.12 Å². The first kappa shape index (κ1) is 24.8. The molecule has 0 unspecified atom stereocenters. The SMILES string of the molecule is C=CC=C(C#N)CC(=CC)[Si](C)(C)O[Si](C)(C)C(=CC)CC(C#N)=CC=C. The molecule has 0 heterocycles. The molecule has 27 heavy (non-hydrogen) atoms. The van der Waals surface area contributed by atoms with E-state index in [0.29, 0.717) is 24.0 Å². The Bertz CT molecular complexity index is 690. The standard InChI is InChI=1S/C22H32N2OSi2/c1-9-13-19(17-23)15-21(11-3)26(5,6)25-27(7,8)22(12-4)16-20(18-24)14-10-2/h9-14H,1-2,15-16H2,3-8H3. The molecule has 144 valence electrons. The molecule has 0 atom stereocenters. The van der Waals surface area contributed by atoms with Gasteiger partial charge in [0, 0.05) is 24.0 Å². The fourth-order valence-corrected chi connectivity index (χ4v) is 11.8. The first-order valence-electron chi connectivity index (χ1n) is 9.06. The monoisotopic (exact) mass is 396 g/mol. The van der Waals surface area contributed by atoms with Gasteiger partial charge in [-0.15, -0.1) is 0 Å². The highest BCUT2D eigenvalue weighted by atomic mass is 28.4. The molecule has 0 saturated heterocycles. The summed E-state index contributed by atoms with van der Waals surface area (Å²) in [5.74, 6) is 0. The number of nitriles is 2. The normalized spacial score (nSPS) is 14.4. The summed E-state index contributed by atoms with van der Waals surface area (Å²) in [4.78, 5) is 0. The lowest BCUT2D eigenvalue weighted by Gasteiger charge is -2.37. The lowest BCUT2D eigenvalue weighted by atomic mass is 10.2. The fourth-order valence-electron chi connectivity index (χ4n) is 3.06. The molecule has 0 aromatic carbocycles. The van der Waals surface area contributed by atoms with Crippen LogP contribution in [0, 0.1) is 22.7 Å². The summed E-state index contributed by atoms with van der Waals surface area (Å²) in [5.41, 5.74) is 1.38. The van der Waals surface area contributed by atoms with Crippen molar-refractivity contribution < 1.29 is 4.12 Å². The van der Waals surface area contributed by atoms with E-state index < -0.39 is 16.6 Å². The van der Waals surface area contributed by atoms with Crippen molar-refractivity contribution in [3.8, 4) is 12.1 Å². The average molecular weight is 397 g/mol. The third-order valence-corrected chi connectivity index (χ3v) is 12.5. The number of rotatable bonds is 10. The number of allylic oxidation sites excluding steroid dienone is 10. The Morgan fingerprint density at radius 1 is 0.815 bits per heavy atom. The van der Waals surface area contributed by atoms with Gasteiger partial charge in [-0.05, 0) is 52.2 Å². The van der Waals surface area contributed by atoms with Crippen LogP contribution in [0.25, 0.3) is 0 Å². The van der Waals surface area contributed by atoms with Crippen molar-refractivity contribution in [2.24, 2.45) is 0 Å². The molecule has 0 aliphatic carbocycles. The largest absolute Gasteiger partial charge is 0.449 e. The van der Waals surface area contributed by atoms with Gasteiger partial charge in [0.15, 0.2) is 0 Å². The zero-order valence-corrected chi connectivity index (χ0v) is 19.6. The van der Waals surface area contributed by atoms with Gasteiger partial charge >= 0.3 is 0 Å². The molecule has 0 N–H and O–H groups in total. The summed E-state index contributed by atoms with van der Waals surface area (Å²) in [5, 5.41) is 21.1. The minimum Gasteiger partial charge on any atom is -0.449 e. The first-order chi connectivity index (χ1) is 12.6. The van der Waals surface area contributed by atoms with Crippen LogP contribution in [-0.4, -0.2) is 16.6 Å². The van der Waals surface area contributed by atoms with Crippen molar-refractivity contribution in [2.75, 3.05) is 0 Å². The van der Waals surface area contributed by atoms with E-state index in [4.69, 9.17) is 4.12 Å². The molecule has 0 aliphatic rings. The van der Waals surface area contributed by atoms with E-state index in [1.165, 1.54) is 10.4 Å². The predicted molar refractivity (Wildman–Crippen MR) is 121 cm³/mol. The Hall–Kier alpha value is -2.19. The van der Waals surface area contributed by atoms with E-state index in [0.717, 1.165) is 0 Å². The summed E-state index contributed by atoms with van der Waals surface area (Å²) < 4.78 is 6.79. The molecule has 0 aromatic rings. The molecule has 0 radical (unpaired) electrons. The molecular weight excluding hydrogens is 364 g/mol. The van der Waals surface area contributed by atoms with E-state index in [2.05, 4.69) is 63.6 Å². The summed E-state index contributed by atoms with van der Waals surface area (Å²) in [6.45, 7) is 20.1. The van der Waals surface area contributed by atoms with Gasteiger partial charge in [-0.25, -0.2) is 0 Å². The topological polar surface area (TPSA) is 56.8 Å². The fraction of sp³-hybridized carbons (Fsp3) is 0.364. The second kappa shape index (κ2) is 11.5. The third-order valence-electron chi connectivity index (χ3n) is 4.44. The van der Waals surface area contributed by atoms with Crippen molar-refractivity contribution in [2.45, 2.75) is 52.9 Å². The molecule has 3 nitrogen and oxygen atoms in total. The minimum atomic E-state index is -2.20. The van der Waals surface area contributed by atoms with Crippen molar-refractivity contribution in [3.05, 3.63) is 71.2 Å². The van der Waals surface area contributed by atoms with Crippen LogP contribution < -0.4 is 0 Å². The van der Waals surface area contributed by atoms with Gasteiger partial charge in [0.2, 0.25) is 16.6 Å². The average Bonchev–Trinajstić information content (AvgIpc) is 2.60. The lowest BCUT2D eigenvalue weighted by Crippen LogP contribution is -2.47. The maximum absolute atomic E-state index is 9.34. The minimum absolute atomic E-state index is 0.591. The predicted octanol–water partition coefficient (Wildman–Crippen LogP) is 6.44. The van der Waals surface area contributed by atoms with E-state index in [1.54, 1.807) is 24.3 Å². The van der Waals surface area contributed by atoms with E-state index in [1.807, 2.05) is 13.8 Å². The highest BCUT2D eigenvalue weighted by Gasteiger charge is 2.38. The van der Waals surface area contributed by atoms with Gasteiger partial charge in [-0.3, -0.25) is 0 Å². The Balaban J connectivity index is 5.65. The second-order valence-electron chi connectivity index (χ2n) is 7.18. The molecule has 0 aliphatic heterocycles. The van der Waals surface area contributed by atoms with Crippen molar-refractivity contribution in [1.82, 2.24) is 0 Å². The zero-order chi connectivity index (χ0) is 21.1. The third kappa shape index (κ3) is 7.92. The molecule has 0 bridgehead atoms.